The molecule has 2 aliphatic rings. The molecule has 0 aromatic heterocycles. The van der Waals surface area contributed by atoms with Crippen LogP contribution in [0.1, 0.15) is 12.0 Å². The Hall–Kier alpha value is -0.480. The predicted molar refractivity (Wildman–Crippen MR) is 62.7 cm³/mol. The molecule has 2 heterocycles. The van der Waals surface area contributed by atoms with E-state index in [-0.39, 0.29) is 0 Å². The second-order valence-corrected chi connectivity index (χ2v) is 5.37. The Morgan fingerprint density at radius 3 is 3.29 bits per heavy atom. The van der Waals surface area contributed by atoms with Gasteiger partial charge >= 0.3 is 0 Å². The lowest BCUT2D eigenvalue weighted by atomic mass is 10.2. The summed E-state index contributed by atoms with van der Waals surface area (Å²) in [6, 6.07) is 6.40. The highest BCUT2D eigenvalue weighted by molar-refractivity contribution is 9.10. The van der Waals surface area contributed by atoms with Gasteiger partial charge < -0.3 is 0 Å². The molecular weight excluding hydrogens is 260 g/mol. The predicted octanol–water partition coefficient (Wildman–Crippen LogP) is 2.92. The Morgan fingerprint density at radius 1 is 1.43 bits per heavy atom. The molecule has 0 atom stereocenters. The monoisotopic (exact) mass is 268 g/mol. The summed E-state index contributed by atoms with van der Waals surface area (Å²) in [5, 5.41) is 0. The molecule has 1 aromatic carbocycles. The van der Waals surface area contributed by atoms with Crippen molar-refractivity contribution in [3.05, 3.63) is 28.2 Å². The first kappa shape index (κ1) is 8.80. The first-order valence-corrected chi connectivity index (χ1v) is 6.21. The maximum atomic E-state index is 4.57. The largest absolute Gasteiger partial charge is 0.296 e. The van der Waals surface area contributed by atoms with Crippen LogP contribution in [0.25, 0.3) is 0 Å². The first-order valence-electron chi connectivity index (χ1n) is 4.64. The number of hydrogen-bond acceptors (Lipinski definition) is 3. The van der Waals surface area contributed by atoms with Crippen molar-refractivity contribution in [1.29, 1.82) is 0 Å². The molecule has 14 heavy (non-hydrogen) atoms. The lowest BCUT2D eigenvalue weighted by molar-refractivity contribution is 0.603. The van der Waals surface area contributed by atoms with Crippen LogP contribution in [0, 0.1) is 0 Å². The summed E-state index contributed by atoms with van der Waals surface area (Å²) >= 11 is 5.30. The maximum Gasteiger partial charge on any atom is 0.142 e. The molecule has 0 spiro atoms. The summed E-state index contributed by atoms with van der Waals surface area (Å²) < 4.78 is 3.44. The van der Waals surface area contributed by atoms with E-state index in [1.54, 1.807) is 11.9 Å². The quantitative estimate of drug-likeness (QED) is 0.673. The summed E-state index contributed by atoms with van der Waals surface area (Å²) in [6.07, 6.45) is 1.17. The highest BCUT2D eigenvalue weighted by Crippen LogP contribution is 2.38. The van der Waals surface area contributed by atoms with Crippen molar-refractivity contribution < 1.29 is 0 Å². The molecule has 0 amide bonds. The molecular formula is C10H9BrN2S. The zero-order valence-corrected chi connectivity index (χ0v) is 9.94. The van der Waals surface area contributed by atoms with E-state index in [1.165, 1.54) is 22.7 Å². The number of hydrogen-bond donors (Lipinski definition) is 0. The van der Waals surface area contributed by atoms with Gasteiger partial charge in [-0.3, -0.25) is 9.30 Å². The van der Waals surface area contributed by atoms with Crippen LogP contribution in [0.2, 0.25) is 0 Å². The molecule has 1 aromatic rings. The van der Waals surface area contributed by atoms with E-state index < -0.39 is 0 Å². The molecule has 2 aliphatic heterocycles. The highest BCUT2D eigenvalue weighted by Gasteiger charge is 2.27. The average molecular weight is 269 g/mol. The van der Waals surface area contributed by atoms with Gasteiger partial charge in [-0.05, 0) is 36.6 Å². The number of benzene rings is 1. The third-order valence-electron chi connectivity index (χ3n) is 2.41. The van der Waals surface area contributed by atoms with E-state index in [0.717, 1.165) is 17.6 Å². The number of fused-ring (bicyclic) bond motifs is 3. The van der Waals surface area contributed by atoms with Crippen molar-refractivity contribution in [3.63, 3.8) is 0 Å². The lowest BCUT2D eigenvalue weighted by Gasteiger charge is -2.20. The Labute approximate surface area is 95.7 Å². The van der Waals surface area contributed by atoms with Crippen LogP contribution in [-0.4, -0.2) is 23.2 Å². The third kappa shape index (κ3) is 1.28. The summed E-state index contributed by atoms with van der Waals surface area (Å²) in [7, 11) is 0. The highest BCUT2D eigenvalue weighted by atomic mass is 79.9. The molecule has 0 unspecified atom stereocenters. The minimum atomic E-state index is 0.974. The van der Waals surface area contributed by atoms with Crippen LogP contribution in [0.5, 0.6) is 0 Å². The molecule has 3 rings (SSSR count). The number of nitrogens with zero attached hydrogens (tertiary/aromatic N) is 2. The molecule has 0 N–H and O–H groups in total. The molecule has 72 valence electrons. The summed E-state index contributed by atoms with van der Waals surface area (Å²) in [6.45, 7) is 2.09. The Kier molecular flexibility index (Phi) is 2.06. The Morgan fingerprint density at radius 2 is 2.36 bits per heavy atom. The number of amidine groups is 1. The SMILES string of the molecule is Brc1ccc2c(c1)SN1CCCN=C21. The van der Waals surface area contributed by atoms with Crippen molar-refractivity contribution in [3.8, 4) is 0 Å². The third-order valence-corrected chi connectivity index (χ3v) is 4.01. The van der Waals surface area contributed by atoms with Crippen LogP contribution in [0.4, 0.5) is 0 Å². The van der Waals surface area contributed by atoms with Gasteiger partial charge in [0, 0.05) is 28.0 Å². The van der Waals surface area contributed by atoms with Crippen LogP contribution < -0.4 is 0 Å². The van der Waals surface area contributed by atoms with Gasteiger partial charge in [0.15, 0.2) is 0 Å². The van der Waals surface area contributed by atoms with Gasteiger partial charge in [-0.25, -0.2) is 0 Å². The molecule has 0 saturated heterocycles. The van der Waals surface area contributed by atoms with E-state index in [9.17, 15) is 0 Å². The van der Waals surface area contributed by atoms with Gasteiger partial charge in [-0.2, -0.15) is 0 Å². The molecule has 0 bridgehead atoms. The smallest absolute Gasteiger partial charge is 0.142 e. The van der Waals surface area contributed by atoms with Crippen LogP contribution in [0.15, 0.2) is 32.6 Å². The van der Waals surface area contributed by atoms with Crippen molar-refractivity contribution >= 4 is 33.7 Å². The van der Waals surface area contributed by atoms with Crippen LogP contribution in [0.3, 0.4) is 0 Å². The zero-order valence-electron chi connectivity index (χ0n) is 7.53. The average Bonchev–Trinajstić information content (AvgIpc) is 2.54. The minimum absolute atomic E-state index is 0.974. The Bertz CT molecular complexity index is 417. The zero-order chi connectivity index (χ0) is 9.54. The van der Waals surface area contributed by atoms with E-state index in [4.69, 9.17) is 0 Å². The van der Waals surface area contributed by atoms with Gasteiger partial charge in [0.1, 0.15) is 5.84 Å². The maximum absolute atomic E-state index is 4.57. The molecule has 0 saturated carbocycles. The van der Waals surface area contributed by atoms with Gasteiger partial charge in [0.25, 0.3) is 0 Å². The van der Waals surface area contributed by atoms with E-state index in [2.05, 4.69) is 43.4 Å². The molecule has 4 heteroatoms. The van der Waals surface area contributed by atoms with E-state index in [0.29, 0.717) is 0 Å². The topological polar surface area (TPSA) is 15.6 Å². The summed E-state index contributed by atoms with van der Waals surface area (Å²) in [4.78, 5) is 5.89. The summed E-state index contributed by atoms with van der Waals surface area (Å²) in [5.41, 5.74) is 1.29. The standard InChI is InChI=1S/C10H9BrN2S/c11-7-2-3-8-9(6-7)14-13-5-1-4-12-10(8)13/h2-3,6H,1,4-5H2. The normalized spacial score (nSPS) is 18.9. The summed E-state index contributed by atoms with van der Waals surface area (Å²) in [5.74, 6) is 1.17. The van der Waals surface area contributed by atoms with Gasteiger partial charge in [-0.15, -0.1) is 0 Å². The minimum Gasteiger partial charge on any atom is -0.296 e. The number of rotatable bonds is 0. The second-order valence-electron chi connectivity index (χ2n) is 3.39. The van der Waals surface area contributed by atoms with Crippen molar-refractivity contribution in [2.75, 3.05) is 13.1 Å². The van der Waals surface area contributed by atoms with Crippen molar-refractivity contribution in [1.82, 2.24) is 4.31 Å². The van der Waals surface area contributed by atoms with Crippen molar-refractivity contribution in [2.24, 2.45) is 4.99 Å². The van der Waals surface area contributed by atoms with Crippen molar-refractivity contribution in [2.45, 2.75) is 11.3 Å². The van der Waals surface area contributed by atoms with E-state index in [1.807, 2.05) is 0 Å². The van der Waals surface area contributed by atoms with Crippen LogP contribution >= 0.6 is 27.9 Å². The van der Waals surface area contributed by atoms with E-state index >= 15 is 0 Å². The lowest BCUT2D eigenvalue weighted by Crippen LogP contribution is -2.26. The fourth-order valence-corrected chi connectivity index (χ4v) is 3.42. The second kappa shape index (κ2) is 3.28. The van der Waals surface area contributed by atoms with Gasteiger partial charge in [0.05, 0.1) is 0 Å². The fourth-order valence-electron chi connectivity index (χ4n) is 1.77. The first-order chi connectivity index (χ1) is 6.84. The Balaban J connectivity index is 2.12. The molecule has 2 nitrogen and oxygen atoms in total. The number of halogens is 1. The number of aliphatic imine (C=N–C) groups is 1. The van der Waals surface area contributed by atoms with Crippen LogP contribution in [-0.2, 0) is 0 Å². The molecule has 0 radical (unpaired) electrons. The van der Waals surface area contributed by atoms with Gasteiger partial charge in [-0.1, -0.05) is 15.9 Å². The fraction of sp³-hybridized carbons (Fsp3) is 0.300. The van der Waals surface area contributed by atoms with Gasteiger partial charge in [0.2, 0.25) is 0 Å². The molecule has 0 aliphatic carbocycles. The molecule has 0 fully saturated rings.